The average molecular weight is 469 g/mol. The van der Waals surface area contributed by atoms with Crippen LogP contribution in [0.3, 0.4) is 0 Å². The molecule has 1 fully saturated rings. The van der Waals surface area contributed by atoms with E-state index < -0.39 is 0 Å². The summed E-state index contributed by atoms with van der Waals surface area (Å²) < 4.78 is 4.06. The van der Waals surface area contributed by atoms with Crippen LogP contribution >= 0.6 is 23.1 Å². The third kappa shape index (κ3) is 4.51. The Bertz CT molecular complexity index is 1350. The maximum absolute atomic E-state index is 13.2. The third-order valence-electron chi connectivity index (χ3n) is 5.98. The zero-order chi connectivity index (χ0) is 21.9. The predicted octanol–water partition coefficient (Wildman–Crippen LogP) is 2.22. The molecule has 0 saturated carbocycles. The largest absolute Gasteiger partial charge is 0.335 e. The molecule has 4 aromatic heterocycles. The molecule has 166 valence electrons. The van der Waals surface area contributed by atoms with Crippen molar-refractivity contribution >= 4 is 39.0 Å². The van der Waals surface area contributed by atoms with Crippen molar-refractivity contribution in [1.82, 2.24) is 18.9 Å². The van der Waals surface area contributed by atoms with Gasteiger partial charge in [0.15, 0.2) is 5.16 Å². The Morgan fingerprint density at radius 2 is 1.97 bits per heavy atom. The molecule has 4 aromatic rings. The Morgan fingerprint density at radius 3 is 2.84 bits per heavy atom. The number of rotatable bonds is 7. The molecule has 1 N–H and O–H groups in total. The van der Waals surface area contributed by atoms with E-state index in [1.54, 1.807) is 17.2 Å². The number of hydrogen-bond donors (Lipinski definition) is 1. The molecule has 9 heteroatoms. The second-order valence-electron chi connectivity index (χ2n) is 8.20. The number of fused-ring (bicyclic) bond motifs is 2. The molecule has 0 unspecified atom stereocenters. The average Bonchev–Trinajstić information content (AvgIpc) is 3.29. The zero-order valence-electron chi connectivity index (χ0n) is 17.8. The van der Waals surface area contributed by atoms with Crippen LogP contribution in [0.4, 0.5) is 0 Å². The van der Waals surface area contributed by atoms with E-state index in [0.717, 1.165) is 18.5 Å². The Kier molecular flexibility index (Phi) is 6.38. The molecule has 1 saturated heterocycles. The normalized spacial score (nSPS) is 15.0. The number of thiophene rings is 1. The SMILES string of the molecule is O=c1c2sccc2nc(SCc2cc(=O)n3ccccc3n2)n1CCC[NH+]1CCCCC1. The molecule has 0 aliphatic carbocycles. The fraction of sp³-hybridized carbons (Fsp3) is 0.391. The Hall–Kier alpha value is -2.49. The first kappa shape index (κ1) is 21.4. The molecule has 1 aliphatic rings. The number of nitrogens with one attached hydrogen (secondary N) is 1. The topological polar surface area (TPSA) is 73.7 Å². The highest BCUT2D eigenvalue weighted by Gasteiger charge is 2.16. The predicted molar refractivity (Wildman–Crippen MR) is 129 cm³/mol. The number of piperidine rings is 1. The van der Waals surface area contributed by atoms with Crippen molar-refractivity contribution in [3.63, 3.8) is 0 Å². The summed E-state index contributed by atoms with van der Waals surface area (Å²) in [4.78, 5) is 36.6. The standard InChI is InChI=1S/C23H25N5O2S2/c29-20-15-17(24-19-7-2-5-12-27(19)20)16-32-23-25-18-8-14-31-21(18)22(30)28(23)13-6-11-26-9-3-1-4-10-26/h2,5,7-8,12,14-15H,1,3-4,6,9-11,13,16H2/p+1. The van der Waals surface area contributed by atoms with Crippen LogP contribution in [0.1, 0.15) is 31.4 Å². The molecule has 7 nitrogen and oxygen atoms in total. The van der Waals surface area contributed by atoms with Crippen molar-refractivity contribution in [3.8, 4) is 0 Å². The molecule has 0 aromatic carbocycles. The fourth-order valence-electron chi connectivity index (χ4n) is 4.34. The maximum Gasteiger partial charge on any atom is 0.272 e. The molecule has 1 aliphatic heterocycles. The maximum atomic E-state index is 13.2. The van der Waals surface area contributed by atoms with E-state index in [9.17, 15) is 9.59 Å². The van der Waals surface area contributed by atoms with Crippen LogP contribution in [-0.2, 0) is 12.3 Å². The van der Waals surface area contributed by atoms with Crippen molar-refractivity contribution in [1.29, 1.82) is 0 Å². The van der Waals surface area contributed by atoms with E-state index in [1.807, 2.05) is 34.2 Å². The van der Waals surface area contributed by atoms with Gasteiger partial charge in [0.25, 0.3) is 11.1 Å². The summed E-state index contributed by atoms with van der Waals surface area (Å²) in [5, 5.41) is 2.62. The highest BCUT2D eigenvalue weighted by Crippen LogP contribution is 2.23. The van der Waals surface area contributed by atoms with Crippen LogP contribution in [0.5, 0.6) is 0 Å². The van der Waals surface area contributed by atoms with Crippen LogP contribution in [0.25, 0.3) is 15.9 Å². The van der Waals surface area contributed by atoms with Gasteiger partial charge in [-0.05, 0) is 42.8 Å². The highest BCUT2D eigenvalue weighted by molar-refractivity contribution is 7.98. The number of quaternary nitrogens is 1. The van der Waals surface area contributed by atoms with Gasteiger partial charge in [0.05, 0.1) is 30.8 Å². The molecule has 0 amide bonds. The van der Waals surface area contributed by atoms with E-state index in [0.29, 0.717) is 33.5 Å². The minimum atomic E-state index is -0.102. The summed E-state index contributed by atoms with van der Waals surface area (Å²) in [6.45, 7) is 4.23. The Morgan fingerprint density at radius 1 is 1.09 bits per heavy atom. The van der Waals surface area contributed by atoms with E-state index in [4.69, 9.17) is 4.98 Å². The molecule has 0 radical (unpaired) electrons. The molecule has 5 rings (SSSR count). The minimum absolute atomic E-state index is 0.0349. The van der Waals surface area contributed by atoms with E-state index in [1.165, 1.54) is 59.9 Å². The van der Waals surface area contributed by atoms with Gasteiger partial charge in [-0.1, -0.05) is 17.8 Å². The summed E-state index contributed by atoms with van der Waals surface area (Å²) in [5.74, 6) is 0.486. The summed E-state index contributed by atoms with van der Waals surface area (Å²) in [6, 6.07) is 8.96. The first-order valence-electron chi connectivity index (χ1n) is 11.1. The number of pyridine rings is 1. The first-order chi connectivity index (χ1) is 15.7. The van der Waals surface area contributed by atoms with Crippen molar-refractivity contribution < 1.29 is 4.90 Å². The van der Waals surface area contributed by atoms with Gasteiger partial charge in [-0.25, -0.2) is 9.97 Å². The lowest BCUT2D eigenvalue weighted by Crippen LogP contribution is -3.12. The quantitative estimate of drug-likeness (QED) is 0.333. The Balaban J connectivity index is 1.38. The van der Waals surface area contributed by atoms with Crippen molar-refractivity contribution in [2.45, 2.75) is 43.1 Å². The molecule has 0 spiro atoms. The van der Waals surface area contributed by atoms with Crippen molar-refractivity contribution in [2.24, 2.45) is 0 Å². The molecular weight excluding hydrogens is 442 g/mol. The fourth-order valence-corrected chi connectivity index (χ4v) is 6.03. The molecule has 0 bridgehead atoms. The molecule has 0 atom stereocenters. The van der Waals surface area contributed by atoms with Gasteiger partial charge >= 0.3 is 0 Å². The van der Waals surface area contributed by atoms with Gasteiger partial charge in [0, 0.05) is 31.0 Å². The third-order valence-corrected chi connectivity index (χ3v) is 7.88. The highest BCUT2D eigenvalue weighted by atomic mass is 32.2. The van der Waals surface area contributed by atoms with Crippen molar-refractivity contribution in [2.75, 3.05) is 19.6 Å². The summed E-state index contributed by atoms with van der Waals surface area (Å²) in [6.07, 6.45) is 6.62. The van der Waals surface area contributed by atoms with Crippen LogP contribution in [0.15, 0.2) is 56.7 Å². The first-order valence-corrected chi connectivity index (χ1v) is 13.0. The smallest absolute Gasteiger partial charge is 0.272 e. The number of hydrogen-bond acceptors (Lipinski definition) is 6. The van der Waals surface area contributed by atoms with Crippen LogP contribution in [0.2, 0.25) is 0 Å². The second-order valence-corrected chi connectivity index (χ2v) is 10.1. The summed E-state index contributed by atoms with van der Waals surface area (Å²) in [5.41, 5.74) is 1.99. The van der Waals surface area contributed by atoms with Gasteiger partial charge in [-0.2, -0.15) is 0 Å². The van der Waals surface area contributed by atoms with E-state index in [2.05, 4.69) is 4.98 Å². The number of likely N-dealkylation sites (tertiary alicyclic amines) is 1. The lowest BCUT2D eigenvalue weighted by Gasteiger charge is -2.23. The second kappa shape index (κ2) is 9.56. The zero-order valence-corrected chi connectivity index (χ0v) is 19.5. The molecular formula is C23H26N5O2S2+. The summed E-state index contributed by atoms with van der Waals surface area (Å²) in [7, 11) is 0. The Labute approximate surface area is 193 Å². The van der Waals surface area contributed by atoms with Crippen LogP contribution in [-0.4, -0.2) is 38.6 Å². The van der Waals surface area contributed by atoms with Crippen LogP contribution in [0, 0.1) is 0 Å². The number of thioether (sulfide) groups is 1. The number of aromatic nitrogens is 4. The van der Waals surface area contributed by atoms with Crippen molar-refractivity contribution in [3.05, 3.63) is 68.3 Å². The number of nitrogens with zero attached hydrogens (tertiary/aromatic N) is 4. The lowest BCUT2D eigenvalue weighted by atomic mass is 10.1. The molecule has 5 heterocycles. The molecule has 32 heavy (non-hydrogen) atoms. The summed E-state index contributed by atoms with van der Waals surface area (Å²) >= 11 is 2.92. The van der Waals surface area contributed by atoms with Gasteiger partial charge in [0.2, 0.25) is 0 Å². The van der Waals surface area contributed by atoms with Gasteiger partial charge in [-0.15, -0.1) is 11.3 Å². The van der Waals surface area contributed by atoms with Crippen LogP contribution < -0.4 is 16.0 Å². The van der Waals surface area contributed by atoms with E-state index in [-0.39, 0.29) is 11.1 Å². The lowest BCUT2D eigenvalue weighted by molar-refractivity contribution is -0.905. The monoisotopic (exact) mass is 468 g/mol. The minimum Gasteiger partial charge on any atom is -0.335 e. The van der Waals surface area contributed by atoms with Gasteiger partial charge in [0.1, 0.15) is 10.3 Å². The van der Waals surface area contributed by atoms with Gasteiger partial charge in [-0.3, -0.25) is 18.6 Å². The van der Waals surface area contributed by atoms with E-state index >= 15 is 0 Å². The van der Waals surface area contributed by atoms with Gasteiger partial charge < -0.3 is 4.90 Å².